The number of fused-ring (bicyclic) bond motifs is 16. The normalized spacial score (nSPS) is 26.6. The first kappa shape index (κ1) is 12.7. The molecule has 9 aromatic carbocycles. The number of hydrogen-bond donors (Lipinski definition) is 0. The molecule has 4 aliphatic rings. The van der Waals surface area contributed by atoms with Crippen LogP contribution in [0.25, 0.3) is 55.6 Å². The maximum atomic E-state index is 10.5. The predicted octanol–water partition coefficient (Wildman–Crippen LogP) is 15.8. The van der Waals surface area contributed by atoms with Gasteiger partial charge in [0.25, 0.3) is 0 Å². The van der Waals surface area contributed by atoms with Crippen molar-refractivity contribution in [3.05, 3.63) is 244 Å². The zero-order valence-electron chi connectivity index (χ0n) is 75.9. The Morgan fingerprint density at radius 1 is 0.306 bits per heavy atom. The zero-order valence-corrected chi connectivity index (χ0v) is 30.9. The molecule has 9 aromatic rings. The highest BCUT2D eigenvalue weighted by molar-refractivity contribution is 5.96. The summed E-state index contributed by atoms with van der Waals surface area (Å²) in [4.78, 5) is -0.0666. The molecule has 4 aliphatic carbocycles. The van der Waals surface area contributed by atoms with Gasteiger partial charge in [-0.05, 0) is 142 Å². The van der Waals surface area contributed by atoms with Crippen molar-refractivity contribution in [1.82, 2.24) is 0 Å². The van der Waals surface area contributed by atoms with E-state index >= 15 is 0 Å². The topological polar surface area (TPSA) is 3.24 Å². The molecule has 1 nitrogen and oxygen atoms in total. The van der Waals surface area contributed by atoms with Crippen LogP contribution in [-0.2, 0) is 16.2 Å². The maximum Gasteiger partial charge on any atom is 0.0725 e. The molecule has 1 heteroatoms. The Hall–Kier alpha value is -7.22. The molecule has 0 atom stereocenters. The summed E-state index contributed by atoms with van der Waals surface area (Å²) >= 11 is 0. The van der Waals surface area contributed by atoms with Crippen LogP contribution in [0.4, 0.5) is 17.1 Å². The quantitative estimate of drug-likeness (QED) is 0.171. The van der Waals surface area contributed by atoms with Crippen molar-refractivity contribution in [1.29, 1.82) is 0 Å². The second kappa shape index (κ2) is 12.4. The average Bonchev–Trinajstić information content (AvgIpc) is 1.58. The third-order valence-electron chi connectivity index (χ3n) is 11.4. The standard InChI is InChI=1S/C61H45N/c1-59(2)51-20-10-5-15-43(51)48-33-30-41(36-56(48)59)62(42-31-34-49-44-16-6-11-21-52(44)60(3,4)57(49)37-42)40-28-25-38(26-29-40)39-27-32-50-47-19-9-14-24-55(47)61(58(50)35-39)53-22-12-7-17-45(53)46-18-8-13-23-54(46)61/h5-37H,1-4H3/i1D3,2D3,3D3,4D3,5D,6D,7D,8D,9D,10D,11D,12D,13D,14D,15D,16D,17D,18D,19D,20D,21D,22D,23D,24D,25D,26D,27D,28D,29D,30D,31D,32D,33D,34D,35D,36D,37D. The van der Waals surface area contributed by atoms with Gasteiger partial charge in [-0.15, -0.1) is 0 Å². The fourth-order valence-corrected chi connectivity index (χ4v) is 8.74. The lowest BCUT2D eigenvalue weighted by Gasteiger charge is -2.31. The van der Waals surface area contributed by atoms with Crippen molar-refractivity contribution in [3.8, 4) is 55.6 Å². The fourth-order valence-electron chi connectivity index (χ4n) is 8.74. The molecular formula is C61H45N. The van der Waals surface area contributed by atoms with E-state index in [2.05, 4.69) is 0 Å². The van der Waals surface area contributed by atoms with E-state index in [-0.39, 0.29) is 4.90 Å². The zero-order chi connectivity index (χ0) is 80.3. The summed E-state index contributed by atoms with van der Waals surface area (Å²) in [6, 6.07) is -43.4. The van der Waals surface area contributed by atoms with Gasteiger partial charge in [0.2, 0.25) is 0 Å². The molecule has 0 unspecified atom stereocenters. The largest absolute Gasteiger partial charge is 0.310 e. The molecule has 0 fully saturated rings. The lowest BCUT2D eigenvalue weighted by Crippen LogP contribution is -2.25. The molecular weight excluding hydrogens is 747 g/mol. The predicted molar refractivity (Wildman–Crippen MR) is 258 cm³/mol. The van der Waals surface area contributed by atoms with Crippen LogP contribution < -0.4 is 4.90 Å². The van der Waals surface area contributed by atoms with Crippen LogP contribution in [0.3, 0.4) is 0 Å². The van der Waals surface area contributed by atoms with Gasteiger partial charge in [-0.2, -0.15) is 0 Å². The van der Waals surface area contributed by atoms with Crippen molar-refractivity contribution in [2.24, 2.45) is 0 Å². The van der Waals surface area contributed by atoms with E-state index in [0.29, 0.717) is 0 Å². The van der Waals surface area contributed by atoms with E-state index in [1.165, 1.54) is 0 Å². The molecule has 0 amide bonds. The number of anilines is 3. The van der Waals surface area contributed by atoms with Gasteiger partial charge >= 0.3 is 0 Å². The summed E-state index contributed by atoms with van der Waals surface area (Å²) < 4.78 is 421. The Bertz CT molecular complexity index is 5420. The number of benzene rings is 9. The number of rotatable bonds is 4. The fraction of sp³-hybridized carbons (Fsp3) is 0.115. The van der Waals surface area contributed by atoms with Crippen LogP contribution >= 0.6 is 0 Å². The highest BCUT2D eigenvalue weighted by Crippen LogP contribution is 2.63. The molecule has 0 bridgehead atoms. The first-order valence-corrected chi connectivity index (χ1v) is 18.4. The first-order valence-electron chi connectivity index (χ1n) is 40.9. The van der Waals surface area contributed by atoms with Gasteiger partial charge in [0.05, 0.1) is 50.7 Å². The van der Waals surface area contributed by atoms with E-state index < -0.39 is 360 Å². The Morgan fingerprint density at radius 2 is 0.645 bits per heavy atom. The van der Waals surface area contributed by atoms with Gasteiger partial charge in [-0.1, -0.05) is 185 Å². The van der Waals surface area contributed by atoms with Gasteiger partial charge in [0.1, 0.15) is 0 Å². The summed E-state index contributed by atoms with van der Waals surface area (Å²) in [6.45, 7) is -16.9. The average molecular weight is 837 g/mol. The third-order valence-corrected chi connectivity index (χ3v) is 11.4. The second-order valence-corrected chi connectivity index (χ2v) is 14.5. The number of hydrogen-bond acceptors (Lipinski definition) is 1. The Morgan fingerprint density at radius 3 is 1.10 bits per heavy atom. The second-order valence-electron chi connectivity index (χ2n) is 14.5. The molecule has 13 rings (SSSR count). The summed E-state index contributed by atoms with van der Waals surface area (Å²) in [5.74, 6) is 0. The summed E-state index contributed by atoms with van der Waals surface area (Å²) in [5, 5.41) is 0. The first-order chi connectivity index (χ1) is 49.0. The molecule has 0 radical (unpaired) electrons. The van der Waals surface area contributed by atoms with Gasteiger partial charge in [-0.3, -0.25) is 0 Å². The Balaban J connectivity index is 1.25. The molecule has 62 heavy (non-hydrogen) atoms. The van der Waals surface area contributed by atoms with Crippen LogP contribution in [0.5, 0.6) is 0 Å². The summed E-state index contributed by atoms with van der Waals surface area (Å²) in [7, 11) is 0. The highest BCUT2D eigenvalue weighted by atomic mass is 15.1. The minimum atomic E-state index is -4.22. The SMILES string of the molecule is [2H]c1c([2H])c([2H])c2c(c1[2H])-c1c([2H])c([2H])c([2H])c([2H])c1C21c2c([2H])c([2H])c([2H])c([2H])c2-c2c([2H])c([2H])c(-c3c([2H])c([2H])c(N(c4c([2H])c([2H])c5c(c4[2H])C(C([2H])([2H])[2H])(C([2H])([2H])[2H])c4c([2H])c([2H])c([2H])c([2H])c4-5)c4c([2H])c([2H])c5c(c4[2H])C(C([2H])([2H])[2H])(C([2H])([2H])[2H])c4c([2H])c([2H])c([2H])c([2H])c4-5)c([2H])c3[2H])c([2H])c21. The van der Waals surface area contributed by atoms with Crippen molar-refractivity contribution in [3.63, 3.8) is 0 Å². The van der Waals surface area contributed by atoms with E-state index in [4.69, 9.17) is 35.6 Å². The van der Waals surface area contributed by atoms with Gasteiger partial charge in [0, 0.05) is 44.3 Å². The molecule has 0 aromatic heterocycles. The minimum absolute atomic E-state index is 0.0666. The molecule has 0 heterocycles. The lowest BCUT2D eigenvalue weighted by atomic mass is 9.70. The van der Waals surface area contributed by atoms with Crippen LogP contribution in [0.15, 0.2) is 199 Å². The smallest absolute Gasteiger partial charge is 0.0725 e. The lowest BCUT2D eigenvalue weighted by molar-refractivity contribution is 0.660. The Kier molecular flexibility index (Phi) is 2.54. The van der Waals surface area contributed by atoms with Crippen molar-refractivity contribution in [2.45, 2.75) is 43.7 Å². The number of nitrogens with zero attached hydrogens (tertiary/aromatic N) is 1. The van der Waals surface area contributed by atoms with Crippen LogP contribution in [0.2, 0.25) is 0 Å². The highest BCUT2D eigenvalue weighted by Gasteiger charge is 2.51. The summed E-state index contributed by atoms with van der Waals surface area (Å²) in [6.07, 6.45) is 0. The monoisotopic (exact) mass is 837 g/mol. The molecule has 0 saturated carbocycles. The van der Waals surface area contributed by atoms with Gasteiger partial charge in [-0.25, -0.2) is 0 Å². The molecule has 294 valence electrons. The van der Waals surface area contributed by atoms with Gasteiger partial charge < -0.3 is 4.90 Å². The van der Waals surface area contributed by atoms with Crippen LogP contribution in [0, 0.1) is 0 Å². The minimum Gasteiger partial charge on any atom is -0.310 e. The molecule has 0 N–H and O–H groups in total. The van der Waals surface area contributed by atoms with Crippen LogP contribution in [-0.4, -0.2) is 0 Å². The van der Waals surface area contributed by atoms with E-state index in [1.54, 1.807) is 0 Å². The molecule has 0 saturated heterocycles. The van der Waals surface area contributed by atoms with E-state index in [9.17, 15) is 26.0 Å². The maximum absolute atomic E-state index is 10.5. The van der Waals surface area contributed by atoms with E-state index in [1.807, 2.05) is 0 Å². The summed E-state index contributed by atoms with van der Waals surface area (Å²) in [5.41, 5.74) is -35.3. The Labute approximate surface area is 427 Å². The van der Waals surface area contributed by atoms with Crippen molar-refractivity contribution in [2.75, 3.05) is 4.90 Å². The molecule has 0 aliphatic heterocycles. The van der Waals surface area contributed by atoms with Crippen molar-refractivity contribution >= 4 is 17.1 Å². The molecule has 1 spiro atoms. The van der Waals surface area contributed by atoms with Crippen LogP contribution in [0.1, 0.15) is 134 Å². The van der Waals surface area contributed by atoms with E-state index in [0.717, 1.165) is 0 Å². The third kappa shape index (κ3) is 4.53. The van der Waals surface area contributed by atoms with Crippen molar-refractivity contribution < 1.29 is 61.7 Å². The van der Waals surface area contributed by atoms with Gasteiger partial charge in [0.15, 0.2) is 0 Å².